The summed E-state index contributed by atoms with van der Waals surface area (Å²) in [5, 5.41) is 14.6. The Kier molecular flexibility index (Phi) is 7.70. The molecule has 1 aliphatic rings. The molecule has 0 bridgehead atoms. The van der Waals surface area contributed by atoms with Crippen LogP contribution in [0.2, 0.25) is 5.15 Å². The van der Waals surface area contributed by atoms with Crippen LogP contribution in [0.4, 0.5) is 0 Å². The molecule has 172 valence electrons. The summed E-state index contributed by atoms with van der Waals surface area (Å²) in [5.41, 5.74) is 3.75. The number of carbonyl (C=O) groups is 1. The summed E-state index contributed by atoms with van der Waals surface area (Å²) in [7, 11) is 1.83. The summed E-state index contributed by atoms with van der Waals surface area (Å²) in [6.45, 7) is 0.644. The fourth-order valence-electron chi connectivity index (χ4n) is 4.29. The van der Waals surface area contributed by atoms with Crippen LogP contribution < -0.4 is 5.32 Å². The maximum Gasteiger partial charge on any atom is 0.253 e. The second kappa shape index (κ2) is 10.9. The number of hydrogen-bond donors (Lipinski definition) is 2. The first-order valence-electron chi connectivity index (χ1n) is 11.3. The lowest BCUT2D eigenvalue weighted by Gasteiger charge is -2.20. The molecule has 1 aliphatic heterocycles. The molecule has 7 heteroatoms. The summed E-state index contributed by atoms with van der Waals surface area (Å²) in [6.07, 6.45) is 8.12. The Labute approximate surface area is 199 Å². The van der Waals surface area contributed by atoms with Gasteiger partial charge in [-0.25, -0.2) is 4.98 Å². The number of likely N-dealkylation sites (N-methyl/N-ethyl adjacent to an activating group) is 1. The number of benzene rings is 1. The molecule has 6 nitrogen and oxygen atoms in total. The SMILES string of the molecule is CN(CCc1cccnc1)C(=O)c1ccc(C[C@@H]2CC[C@H](C(O)c3ccc(Cl)nc3)N2)cc1. The maximum absolute atomic E-state index is 12.8. The van der Waals surface area contributed by atoms with Crippen molar-refractivity contribution < 1.29 is 9.90 Å². The number of aliphatic hydroxyl groups is 1. The third kappa shape index (κ3) is 6.16. The molecular formula is C26H29ClN4O2. The molecule has 1 saturated heterocycles. The average Bonchev–Trinajstić information content (AvgIpc) is 3.31. The number of amides is 1. The highest BCUT2D eigenvalue weighted by Crippen LogP contribution is 2.27. The molecule has 0 saturated carbocycles. The van der Waals surface area contributed by atoms with E-state index < -0.39 is 6.10 Å². The zero-order chi connectivity index (χ0) is 23.2. The third-order valence-corrected chi connectivity index (χ3v) is 6.46. The van der Waals surface area contributed by atoms with Crippen molar-refractivity contribution in [3.8, 4) is 0 Å². The molecule has 3 heterocycles. The topological polar surface area (TPSA) is 78.4 Å². The van der Waals surface area contributed by atoms with Gasteiger partial charge in [0.05, 0.1) is 6.10 Å². The van der Waals surface area contributed by atoms with Gasteiger partial charge in [0.1, 0.15) is 5.15 Å². The predicted octanol–water partition coefficient (Wildman–Crippen LogP) is 3.84. The lowest BCUT2D eigenvalue weighted by atomic mass is 10.0. The molecular weight excluding hydrogens is 436 g/mol. The molecule has 1 unspecified atom stereocenters. The third-order valence-electron chi connectivity index (χ3n) is 6.24. The predicted molar refractivity (Wildman–Crippen MR) is 129 cm³/mol. The van der Waals surface area contributed by atoms with E-state index in [1.807, 2.05) is 55.7 Å². The van der Waals surface area contributed by atoms with Crippen molar-refractivity contribution in [1.82, 2.24) is 20.2 Å². The van der Waals surface area contributed by atoms with Crippen molar-refractivity contribution in [2.24, 2.45) is 0 Å². The number of nitrogens with zero attached hydrogens (tertiary/aromatic N) is 3. The van der Waals surface area contributed by atoms with Crippen molar-refractivity contribution in [3.05, 3.63) is 94.5 Å². The molecule has 0 aliphatic carbocycles. The van der Waals surface area contributed by atoms with Crippen LogP contribution in [0.5, 0.6) is 0 Å². The Morgan fingerprint density at radius 2 is 1.97 bits per heavy atom. The van der Waals surface area contributed by atoms with Gasteiger partial charge in [0.2, 0.25) is 0 Å². The van der Waals surface area contributed by atoms with Crippen molar-refractivity contribution in [2.75, 3.05) is 13.6 Å². The molecule has 2 aromatic heterocycles. The summed E-state index contributed by atoms with van der Waals surface area (Å²) >= 11 is 5.84. The number of nitrogens with one attached hydrogen (secondary N) is 1. The highest BCUT2D eigenvalue weighted by atomic mass is 35.5. The number of hydrogen-bond acceptors (Lipinski definition) is 5. The minimum atomic E-state index is -0.609. The maximum atomic E-state index is 12.8. The van der Waals surface area contributed by atoms with E-state index in [2.05, 4.69) is 15.3 Å². The molecule has 2 N–H and O–H groups in total. The van der Waals surface area contributed by atoms with Gasteiger partial charge in [-0.05, 0) is 61.1 Å². The quantitative estimate of drug-likeness (QED) is 0.495. The van der Waals surface area contributed by atoms with Gasteiger partial charge >= 0.3 is 0 Å². The van der Waals surface area contributed by atoms with Gasteiger partial charge in [-0.15, -0.1) is 0 Å². The summed E-state index contributed by atoms with van der Waals surface area (Å²) in [6, 6.07) is 15.6. The van der Waals surface area contributed by atoms with Gasteiger partial charge in [0.15, 0.2) is 0 Å². The lowest BCUT2D eigenvalue weighted by molar-refractivity contribution is 0.0796. The zero-order valence-electron chi connectivity index (χ0n) is 18.7. The molecule has 1 fully saturated rings. The number of pyridine rings is 2. The van der Waals surface area contributed by atoms with Gasteiger partial charge in [-0.3, -0.25) is 9.78 Å². The van der Waals surface area contributed by atoms with Crippen molar-refractivity contribution in [3.63, 3.8) is 0 Å². The Hall–Kier alpha value is -2.80. The Balaban J connectivity index is 1.27. The second-order valence-electron chi connectivity index (χ2n) is 8.65. The van der Waals surface area contributed by atoms with E-state index in [1.54, 1.807) is 23.4 Å². The first kappa shape index (κ1) is 23.4. The van der Waals surface area contributed by atoms with Gasteiger partial charge in [-0.2, -0.15) is 0 Å². The second-order valence-corrected chi connectivity index (χ2v) is 9.03. The first-order chi connectivity index (χ1) is 16.0. The summed E-state index contributed by atoms with van der Waals surface area (Å²) in [5.74, 6) is 0.0178. The minimum Gasteiger partial charge on any atom is -0.387 e. The van der Waals surface area contributed by atoms with E-state index >= 15 is 0 Å². The van der Waals surface area contributed by atoms with E-state index in [0.29, 0.717) is 17.3 Å². The molecule has 3 atom stereocenters. The Morgan fingerprint density at radius 1 is 1.15 bits per heavy atom. The molecule has 33 heavy (non-hydrogen) atoms. The number of halogens is 1. The van der Waals surface area contributed by atoms with Crippen LogP contribution in [0, 0.1) is 0 Å². The molecule has 1 amide bonds. The lowest BCUT2D eigenvalue weighted by Crippen LogP contribution is -2.35. The fraction of sp³-hybridized carbons (Fsp3) is 0.346. The summed E-state index contributed by atoms with van der Waals surface area (Å²) in [4.78, 5) is 22.7. The van der Waals surface area contributed by atoms with Gasteiger partial charge in [0, 0.05) is 55.4 Å². The number of carbonyl (C=O) groups excluding carboxylic acids is 1. The molecule has 0 radical (unpaired) electrons. The molecule has 0 spiro atoms. The average molecular weight is 465 g/mol. The number of aliphatic hydroxyl groups excluding tert-OH is 1. The minimum absolute atomic E-state index is 0.00714. The van der Waals surface area contributed by atoms with E-state index in [9.17, 15) is 9.90 Å². The largest absolute Gasteiger partial charge is 0.387 e. The zero-order valence-corrected chi connectivity index (χ0v) is 19.4. The standard InChI is InChI=1S/C26H29ClN4O2/c1-31(14-12-19-3-2-13-28-16-19)26(33)20-6-4-18(5-7-20)15-22-9-10-23(30-22)25(32)21-8-11-24(27)29-17-21/h2-8,11,13,16-17,22-23,25,30,32H,9-10,12,14-15H2,1H3/t22-,23+,25?/m0/s1. The van der Waals surface area contributed by atoms with E-state index in [0.717, 1.165) is 36.8 Å². The van der Waals surface area contributed by atoms with E-state index in [4.69, 9.17) is 11.6 Å². The Morgan fingerprint density at radius 3 is 2.67 bits per heavy atom. The summed E-state index contributed by atoms with van der Waals surface area (Å²) < 4.78 is 0. The highest BCUT2D eigenvalue weighted by Gasteiger charge is 2.30. The van der Waals surface area contributed by atoms with Gasteiger partial charge < -0.3 is 15.3 Å². The van der Waals surface area contributed by atoms with E-state index in [1.165, 1.54) is 5.56 Å². The van der Waals surface area contributed by atoms with Gasteiger partial charge in [0.25, 0.3) is 5.91 Å². The van der Waals surface area contributed by atoms with E-state index in [-0.39, 0.29) is 18.0 Å². The van der Waals surface area contributed by atoms with Gasteiger partial charge in [-0.1, -0.05) is 35.9 Å². The van der Waals surface area contributed by atoms with Crippen molar-refractivity contribution in [1.29, 1.82) is 0 Å². The van der Waals surface area contributed by atoms with Crippen LogP contribution in [-0.2, 0) is 12.8 Å². The first-order valence-corrected chi connectivity index (χ1v) is 11.7. The number of aromatic nitrogens is 2. The Bertz CT molecular complexity index is 1040. The fourth-order valence-corrected chi connectivity index (χ4v) is 4.40. The highest BCUT2D eigenvalue weighted by molar-refractivity contribution is 6.29. The normalized spacial score (nSPS) is 18.8. The van der Waals surface area contributed by atoms with Crippen LogP contribution >= 0.6 is 11.6 Å². The van der Waals surface area contributed by atoms with Crippen LogP contribution in [0.25, 0.3) is 0 Å². The molecule has 1 aromatic carbocycles. The van der Waals surface area contributed by atoms with Crippen LogP contribution in [0.3, 0.4) is 0 Å². The van der Waals surface area contributed by atoms with Crippen LogP contribution in [0.15, 0.2) is 67.1 Å². The molecule has 4 rings (SSSR count). The molecule has 3 aromatic rings. The van der Waals surface area contributed by atoms with Crippen LogP contribution in [-0.4, -0.2) is 51.6 Å². The number of rotatable bonds is 8. The monoisotopic (exact) mass is 464 g/mol. The smallest absolute Gasteiger partial charge is 0.253 e. The van der Waals surface area contributed by atoms with Crippen LogP contribution in [0.1, 0.15) is 46.0 Å². The van der Waals surface area contributed by atoms with Crippen molar-refractivity contribution in [2.45, 2.75) is 43.9 Å². The van der Waals surface area contributed by atoms with Crippen molar-refractivity contribution >= 4 is 17.5 Å².